The largest absolute Gasteiger partial charge is 0.350 e. The lowest BCUT2D eigenvalue weighted by molar-refractivity contribution is -0.136. The second-order valence-corrected chi connectivity index (χ2v) is 8.02. The van der Waals surface area contributed by atoms with E-state index in [1.54, 1.807) is 11.3 Å². The first kappa shape index (κ1) is 17.6. The summed E-state index contributed by atoms with van der Waals surface area (Å²) in [7, 11) is 0. The van der Waals surface area contributed by atoms with Crippen LogP contribution in [0.15, 0.2) is 29.6 Å². The van der Waals surface area contributed by atoms with Crippen LogP contribution in [0.1, 0.15) is 23.4 Å². The number of carbonyl (C=O) groups is 1. The van der Waals surface area contributed by atoms with Gasteiger partial charge in [-0.15, -0.1) is 11.3 Å². The van der Waals surface area contributed by atoms with E-state index in [1.807, 2.05) is 24.0 Å². The number of benzene rings is 1. The number of amides is 1. The Hall–Kier alpha value is -1.76. The number of hydrogen-bond donors (Lipinski definition) is 0. The molecule has 2 aromatic rings. The van der Waals surface area contributed by atoms with Crippen LogP contribution in [0.3, 0.4) is 0 Å². The maximum Gasteiger partial charge on any atom is 0.226 e. The molecule has 2 aliphatic heterocycles. The fraction of sp³-hybridized carbons (Fsp3) is 0.500. The van der Waals surface area contributed by atoms with E-state index >= 15 is 0 Å². The Labute approximate surface area is 157 Å². The number of piperidine rings is 1. The van der Waals surface area contributed by atoms with Crippen LogP contribution in [0.4, 0.5) is 0 Å². The maximum absolute atomic E-state index is 12.6. The van der Waals surface area contributed by atoms with Gasteiger partial charge in [0.15, 0.2) is 6.29 Å². The average molecular weight is 372 g/mol. The molecule has 0 bridgehead atoms. The fourth-order valence-corrected chi connectivity index (χ4v) is 4.27. The number of ether oxygens (including phenoxy) is 2. The van der Waals surface area contributed by atoms with Gasteiger partial charge in [-0.05, 0) is 25.3 Å². The molecule has 0 radical (unpaired) electrons. The molecule has 0 unspecified atom stereocenters. The van der Waals surface area contributed by atoms with E-state index in [0.717, 1.165) is 47.8 Å². The van der Waals surface area contributed by atoms with Crippen LogP contribution in [-0.2, 0) is 20.7 Å². The van der Waals surface area contributed by atoms with Crippen LogP contribution in [0, 0.1) is 12.8 Å². The Morgan fingerprint density at radius 2 is 1.88 bits per heavy atom. The highest BCUT2D eigenvalue weighted by Crippen LogP contribution is 2.26. The highest BCUT2D eigenvalue weighted by molar-refractivity contribution is 7.09. The zero-order chi connectivity index (χ0) is 17.9. The molecule has 1 aromatic heterocycles. The van der Waals surface area contributed by atoms with Crippen molar-refractivity contribution < 1.29 is 14.3 Å². The van der Waals surface area contributed by atoms with E-state index in [-0.39, 0.29) is 12.2 Å². The molecule has 0 N–H and O–H groups in total. The minimum atomic E-state index is -0.0610. The van der Waals surface area contributed by atoms with Gasteiger partial charge in [-0.1, -0.05) is 24.3 Å². The molecule has 0 atom stereocenters. The molecule has 6 heteroatoms. The molecular formula is C20H24N2O3S. The third kappa shape index (κ3) is 3.98. The summed E-state index contributed by atoms with van der Waals surface area (Å²) in [6.45, 7) is 4.99. The van der Waals surface area contributed by atoms with Gasteiger partial charge in [-0.3, -0.25) is 4.79 Å². The average Bonchev–Trinajstić information content (AvgIpc) is 3.34. The molecule has 2 aliphatic rings. The minimum absolute atomic E-state index is 0.0610. The number of nitrogens with zero attached hydrogens (tertiary/aromatic N) is 2. The van der Waals surface area contributed by atoms with Crippen LogP contribution in [0.25, 0.3) is 11.3 Å². The third-order valence-corrected chi connectivity index (χ3v) is 5.92. The number of aromatic nitrogens is 1. The van der Waals surface area contributed by atoms with Gasteiger partial charge in [-0.25, -0.2) is 4.98 Å². The third-order valence-electron chi connectivity index (χ3n) is 5.15. The Morgan fingerprint density at radius 1 is 1.19 bits per heavy atom. The molecule has 2 saturated heterocycles. The van der Waals surface area contributed by atoms with Gasteiger partial charge < -0.3 is 14.4 Å². The van der Waals surface area contributed by atoms with Gasteiger partial charge >= 0.3 is 0 Å². The van der Waals surface area contributed by atoms with Gasteiger partial charge in [-0.2, -0.15) is 0 Å². The Balaban J connectivity index is 1.30. The molecule has 0 spiro atoms. The van der Waals surface area contributed by atoms with Gasteiger partial charge in [0.25, 0.3) is 0 Å². The van der Waals surface area contributed by atoms with Crippen molar-refractivity contribution in [2.75, 3.05) is 26.3 Å². The summed E-state index contributed by atoms with van der Waals surface area (Å²) < 4.78 is 11.2. The lowest BCUT2D eigenvalue weighted by Gasteiger charge is -2.34. The number of thiazole rings is 1. The summed E-state index contributed by atoms with van der Waals surface area (Å²) in [6, 6.07) is 8.18. The molecule has 138 valence electrons. The summed E-state index contributed by atoms with van der Waals surface area (Å²) in [6.07, 6.45) is 2.31. The van der Waals surface area contributed by atoms with Gasteiger partial charge in [0.2, 0.25) is 5.91 Å². The Morgan fingerprint density at radius 3 is 2.50 bits per heavy atom. The number of hydrogen-bond acceptors (Lipinski definition) is 5. The Bertz CT molecular complexity index is 745. The Kier molecular flexibility index (Phi) is 5.33. The summed E-state index contributed by atoms with van der Waals surface area (Å²) in [5.41, 5.74) is 3.15. The van der Waals surface area contributed by atoms with Crippen LogP contribution in [0.2, 0.25) is 0 Å². The molecule has 1 aromatic carbocycles. The van der Waals surface area contributed by atoms with E-state index in [1.165, 1.54) is 0 Å². The maximum atomic E-state index is 12.6. The van der Waals surface area contributed by atoms with E-state index in [9.17, 15) is 4.79 Å². The first-order chi connectivity index (χ1) is 12.7. The second kappa shape index (κ2) is 7.86. The van der Waals surface area contributed by atoms with E-state index in [4.69, 9.17) is 9.47 Å². The molecular weight excluding hydrogens is 348 g/mol. The standard InChI is InChI=1S/C20H24N2O3S/c1-14-21-18(13-26-14)16-4-2-15(3-5-16)12-19(23)22-8-6-17(7-9-22)20-24-10-11-25-20/h2-5,13,17,20H,6-12H2,1H3. The van der Waals surface area contributed by atoms with Crippen LogP contribution in [0.5, 0.6) is 0 Å². The second-order valence-electron chi connectivity index (χ2n) is 6.95. The normalized spacial score (nSPS) is 19.2. The lowest BCUT2D eigenvalue weighted by atomic mass is 9.95. The summed E-state index contributed by atoms with van der Waals surface area (Å²) >= 11 is 1.65. The lowest BCUT2D eigenvalue weighted by Crippen LogP contribution is -2.42. The van der Waals surface area contributed by atoms with E-state index in [0.29, 0.717) is 25.6 Å². The van der Waals surface area contributed by atoms with Crippen molar-refractivity contribution >= 4 is 17.2 Å². The van der Waals surface area contributed by atoms with Crippen molar-refractivity contribution in [3.63, 3.8) is 0 Å². The van der Waals surface area contributed by atoms with E-state index in [2.05, 4.69) is 22.5 Å². The molecule has 5 nitrogen and oxygen atoms in total. The van der Waals surface area contributed by atoms with E-state index < -0.39 is 0 Å². The van der Waals surface area contributed by atoms with Crippen molar-refractivity contribution in [2.45, 2.75) is 32.5 Å². The summed E-state index contributed by atoms with van der Waals surface area (Å²) in [5, 5.41) is 3.13. The van der Waals surface area contributed by atoms with Gasteiger partial charge in [0.05, 0.1) is 30.3 Å². The monoisotopic (exact) mass is 372 g/mol. The molecule has 26 heavy (non-hydrogen) atoms. The van der Waals surface area contributed by atoms with Crippen LogP contribution < -0.4 is 0 Å². The highest BCUT2D eigenvalue weighted by Gasteiger charge is 2.31. The first-order valence-electron chi connectivity index (χ1n) is 9.21. The number of rotatable bonds is 4. The van der Waals surface area contributed by atoms with Crippen molar-refractivity contribution in [1.29, 1.82) is 0 Å². The van der Waals surface area contributed by atoms with Crippen LogP contribution in [-0.4, -0.2) is 48.4 Å². The smallest absolute Gasteiger partial charge is 0.226 e. The highest BCUT2D eigenvalue weighted by atomic mass is 32.1. The van der Waals surface area contributed by atoms with Crippen molar-refractivity contribution in [2.24, 2.45) is 5.92 Å². The number of aryl methyl sites for hydroxylation is 1. The van der Waals surface area contributed by atoms with Crippen molar-refractivity contribution in [3.05, 3.63) is 40.2 Å². The summed E-state index contributed by atoms with van der Waals surface area (Å²) in [4.78, 5) is 19.1. The van der Waals surface area contributed by atoms with Gasteiger partial charge in [0.1, 0.15) is 0 Å². The first-order valence-corrected chi connectivity index (χ1v) is 10.1. The van der Waals surface area contributed by atoms with Crippen molar-refractivity contribution in [3.8, 4) is 11.3 Å². The minimum Gasteiger partial charge on any atom is -0.350 e. The molecule has 0 saturated carbocycles. The SMILES string of the molecule is Cc1nc(-c2ccc(CC(=O)N3CCC(C4OCCO4)CC3)cc2)cs1. The molecule has 1 amide bonds. The molecule has 4 rings (SSSR count). The number of carbonyl (C=O) groups excluding carboxylic acids is 1. The molecule has 0 aliphatic carbocycles. The van der Waals surface area contributed by atoms with Crippen molar-refractivity contribution in [1.82, 2.24) is 9.88 Å². The predicted molar refractivity (Wildman–Crippen MR) is 101 cm³/mol. The summed E-state index contributed by atoms with van der Waals surface area (Å²) in [5.74, 6) is 0.622. The quantitative estimate of drug-likeness (QED) is 0.827. The molecule has 2 fully saturated rings. The fourth-order valence-electron chi connectivity index (χ4n) is 3.65. The number of likely N-dealkylation sites (tertiary alicyclic amines) is 1. The topological polar surface area (TPSA) is 51.7 Å². The van der Waals surface area contributed by atoms with Gasteiger partial charge in [0, 0.05) is 30.0 Å². The molecule has 3 heterocycles. The van der Waals surface area contributed by atoms with Crippen LogP contribution >= 0.6 is 11.3 Å². The predicted octanol–water partition coefficient (Wildman–Crippen LogP) is 3.27. The zero-order valence-electron chi connectivity index (χ0n) is 15.0. The zero-order valence-corrected chi connectivity index (χ0v) is 15.8.